The molecular weight excluding hydrogens is 536 g/mol. The van der Waals surface area contributed by atoms with Crippen LogP contribution >= 0.6 is 0 Å². The third-order valence-electron chi connectivity index (χ3n) is 7.37. The second-order valence-corrected chi connectivity index (χ2v) is 10.8. The molecule has 0 aliphatic heterocycles. The fraction of sp³-hybridized carbons (Fsp3) is 0.312. The number of benzene rings is 3. The maximum atomic E-state index is 15.9. The molecule has 1 amide bonds. The van der Waals surface area contributed by atoms with E-state index in [2.05, 4.69) is 19.2 Å². The van der Waals surface area contributed by atoms with Crippen LogP contribution in [0, 0.1) is 25.6 Å². The molecule has 4 rings (SSSR count). The molecule has 1 aromatic heterocycles. The number of alkyl halides is 3. The lowest BCUT2D eigenvalue weighted by atomic mass is 9.92. The van der Waals surface area contributed by atoms with Crippen molar-refractivity contribution >= 4 is 22.8 Å². The van der Waals surface area contributed by atoms with Gasteiger partial charge in [-0.25, -0.2) is 4.39 Å². The van der Waals surface area contributed by atoms with Crippen molar-refractivity contribution in [1.82, 2.24) is 9.88 Å². The van der Waals surface area contributed by atoms with E-state index in [1.807, 2.05) is 23.8 Å². The molecule has 0 spiro atoms. The van der Waals surface area contributed by atoms with E-state index in [-0.39, 0.29) is 12.0 Å². The molecule has 5 nitrogen and oxygen atoms in total. The van der Waals surface area contributed by atoms with Gasteiger partial charge >= 0.3 is 12.1 Å². The lowest BCUT2D eigenvalue weighted by Gasteiger charge is -2.24. The minimum absolute atomic E-state index is 0.245. The summed E-state index contributed by atoms with van der Waals surface area (Å²) in [5.74, 6) is -1.89. The molecule has 0 aliphatic rings. The summed E-state index contributed by atoms with van der Waals surface area (Å²) >= 11 is 0. The second-order valence-electron chi connectivity index (χ2n) is 10.8. The molecule has 3 aromatic carbocycles. The molecule has 4 aromatic rings. The molecular formula is C32H32F4N2O3. The van der Waals surface area contributed by atoms with Crippen LogP contribution in [0.3, 0.4) is 0 Å². The largest absolute Gasteiger partial charge is 0.480 e. The molecule has 216 valence electrons. The number of carboxylic acid groups (broad SMARTS) is 1. The average Bonchev–Trinajstić information content (AvgIpc) is 3.35. The number of nitrogens with zero attached hydrogens (tertiary/aromatic N) is 1. The zero-order valence-corrected chi connectivity index (χ0v) is 23.4. The number of rotatable bonds is 8. The molecule has 0 saturated carbocycles. The monoisotopic (exact) mass is 568 g/mol. The fourth-order valence-corrected chi connectivity index (χ4v) is 5.19. The van der Waals surface area contributed by atoms with Crippen LogP contribution in [0.5, 0.6) is 0 Å². The smallest absolute Gasteiger partial charge is 0.416 e. The molecule has 0 aliphatic carbocycles. The van der Waals surface area contributed by atoms with Gasteiger partial charge in [0.25, 0.3) is 5.91 Å². The number of carbonyl (C=O) groups is 2. The minimum atomic E-state index is -4.46. The standard InChI is InChI=1S/C32H32F4N2O3/c1-17(2)14-28(21-6-8-22(9-7-21)30(39)37-20(5)31(40)41)38-13-12-25-19(4)26(16-27(33)29(25)38)24-11-10-23(15-18(24)3)32(34,35)36/h6-13,15-17,20,28H,14H2,1-5H3,(H,37,39)(H,40,41). The van der Waals surface area contributed by atoms with Crippen molar-refractivity contribution in [2.45, 2.75) is 59.3 Å². The number of carboxylic acids is 1. The van der Waals surface area contributed by atoms with Crippen LogP contribution in [0.4, 0.5) is 17.6 Å². The average molecular weight is 569 g/mol. The lowest BCUT2D eigenvalue weighted by molar-refractivity contribution is -0.139. The van der Waals surface area contributed by atoms with Crippen LogP contribution in [0.1, 0.15) is 65.8 Å². The summed E-state index contributed by atoms with van der Waals surface area (Å²) < 4.78 is 57.3. The first-order chi connectivity index (χ1) is 19.2. The number of aliphatic carboxylic acids is 1. The van der Waals surface area contributed by atoms with Crippen molar-refractivity contribution in [3.05, 3.63) is 94.4 Å². The van der Waals surface area contributed by atoms with Crippen molar-refractivity contribution in [1.29, 1.82) is 0 Å². The summed E-state index contributed by atoms with van der Waals surface area (Å²) in [5.41, 5.74) is 3.02. The molecule has 9 heteroatoms. The molecule has 1 heterocycles. The Morgan fingerprint density at radius 3 is 2.17 bits per heavy atom. The van der Waals surface area contributed by atoms with Gasteiger partial charge in [-0.3, -0.25) is 9.59 Å². The van der Waals surface area contributed by atoms with Gasteiger partial charge in [-0.2, -0.15) is 13.2 Å². The first-order valence-electron chi connectivity index (χ1n) is 13.3. The molecule has 2 atom stereocenters. The van der Waals surface area contributed by atoms with Crippen LogP contribution in [0.25, 0.3) is 22.0 Å². The fourth-order valence-electron chi connectivity index (χ4n) is 5.19. The van der Waals surface area contributed by atoms with E-state index < -0.39 is 35.5 Å². The molecule has 41 heavy (non-hydrogen) atoms. The van der Waals surface area contributed by atoms with Crippen LogP contribution in [-0.4, -0.2) is 27.6 Å². The summed E-state index contributed by atoms with van der Waals surface area (Å²) in [5, 5.41) is 12.1. The Hall–Kier alpha value is -4.14. The Labute approximate surface area is 235 Å². The van der Waals surface area contributed by atoms with E-state index in [1.54, 1.807) is 31.2 Å². The van der Waals surface area contributed by atoms with Crippen LogP contribution < -0.4 is 5.32 Å². The van der Waals surface area contributed by atoms with Gasteiger partial charge in [0.2, 0.25) is 0 Å². The van der Waals surface area contributed by atoms with E-state index in [4.69, 9.17) is 5.11 Å². The van der Waals surface area contributed by atoms with Crippen LogP contribution in [-0.2, 0) is 11.0 Å². The predicted octanol–water partition coefficient (Wildman–Crippen LogP) is 7.92. The number of fused-ring (bicyclic) bond motifs is 1. The number of hydrogen-bond donors (Lipinski definition) is 2. The highest BCUT2D eigenvalue weighted by atomic mass is 19.4. The third kappa shape index (κ3) is 6.14. The molecule has 0 radical (unpaired) electrons. The third-order valence-corrected chi connectivity index (χ3v) is 7.37. The van der Waals surface area contributed by atoms with Crippen LogP contribution in [0.15, 0.2) is 60.8 Å². The topological polar surface area (TPSA) is 71.3 Å². The normalized spacial score (nSPS) is 13.4. The summed E-state index contributed by atoms with van der Waals surface area (Å²) in [4.78, 5) is 23.5. The number of halogens is 4. The number of amides is 1. The van der Waals surface area contributed by atoms with Crippen molar-refractivity contribution < 1.29 is 32.3 Å². The lowest BCUT2D eigenvalue weighted by Crippen LogP contribution is -2.38. The molecule has 0 fully saturated rings. The van der Waals surface area contributed by atoms with Gasteiger partial charge in [0.1, 0.15) is 11.9 Å². The second kappa shape index (κ2) is 11.4. The van der Waals surface area contributed by atoms with Gasteiger partial charge in [0, 0.05) is 17.1 Å². The van der Waals surface area contributed by atoms with Crippen molar-refractivity contribution in [3.8, 4) is 11.1 Å². The molecule has 0 saturated heterocycles. The highest BCUT2D eigenvalue weighted by molar-refractivity contribution is 5.96. The number of aryl methyl sites for hydroxylation is 2. The van der Waals surface area contributed by atoms with Gasteiger partial charge in [0.15, 0.2) is 0 Å². The Kier molecular flexibility index (Phi) is 8.29. The minimum Gasteiger partial charge on any atom is -0.480 e. The van der Waals surface area contributed by atoms with Gasteiger partial charge in [0.05, 0.1) is 17.1 Å². The van der Waals surface area contributed by atoms with Gasteiger partial charge in [-0.1, -0.05) is 32.0 Å². The zero-order valence-electron chi connectivity index (χ0n) is 23.4. The Morgan fingerprint density at radius 2 is 1.61 bits per heavy atom. The maximum Gasteiger partial charge on any atom is 0.416 e. The van der Waals surface area contributed by atoms with Gasteiger partial charge in [-0.05, 0) is 97.3 Å². The summed E-state index contributed by atoms with van der Waals surface area (Å²) in [6.45, 7) is 8.91. The highest BCUT2D eigenvalue weighted by Gasteiger charge is 2.31. The maximum absolute atomic E-state index is 15.9. The number of aromatic nitrogens is 1. The van der Waals surface area contributed by atoms with E-state index >= 15 is 4.39 Å². The Morgan fingerprint density at radius 1 is 0.951 bits per heavy atom. The SMILES string of the molecule is Cc1cc(C(F)(F)F)ccc1-c1cc(F)c2c(ccn2C(CC(C)C)c2ccc(C(=O)NC(C)C(=O)O)cc2)c1C. The van der Waals surface area contributed by atoms with Crippen molar-refractivity contribution in [2.75, 3.05) is 0 Å². The number of hydrogen-bond acceptors (Lipinski definition) is 2. The van der Waals surface area contributed by atoms with Gasteiger partial charge in [-0.15, -0.1) is 0 Å². The van der Waals surface area contributed by atoms with Crippen molar-refractivity contribution in [2.24, 2.45) is 5.92 Å². The Bertz CT molecular complexity index is 1600. The van der Waals surface area contributed by atoms with Crippen LogP contribution in [0.2, 0.25) is 0 Å². The summed E-state index contributed by atoms with van der Waals surface area (Å²) in [7, 11) is 0. The molecule has 0 bridgehead atoms. The van der Waals surface area contributed by atoms with E-state index in [0.29, 0.717) is 39.6 Å². The van der Waals surface area contributed by atoms with E-state index in [0.717, 1.165) is 23.3 Å². The molecule has 2 N–H and O–H groups in total. The zero-order chi connectivity index (χ0) is 30.2. The number of nitrogens with one attached hydrogen (secondary N) is 1. The molecule has 2 unspecified atom stereocenters. The Balaban J connectivity index is 1.75. The summed E-state index contributed by atoms with van der Waals surface area (Å²) in [6.07, 6.45) is -1.98. The first kappa shape index (κ1) is 29.8. The van der Waals surface area contributed by atoms with Gasteiger partial charge < -0.3 is 15.0 Å². The summed E-state index contributed by atoms with van der Waals surface area (Å²) in [6, 6.07) is 12.2. The quantitative estimate of drug-likeness (QED) is 0.212. The highest BCUT2D eigenvalue weighted by Crippen LogP contribution is 2.39. The van der Waals surface area contributed by atoms with E-state index in [9.17, 15) is 22.8 Å². The van der Waals surface area contributed by atoms with E-state index in [1.165, 1.54) is 19.1 Å². The number of carbonyl (C=O) groups excluding carboxylic acids is 1. The predicted molar refractivity (Wildman–Crippen MR) is 150 cm³/mol. The first-order valence-corrected chi connectivity index (χ1v) is 13.3. The van der Waals surface area contributed by atoms with Crippen molar-refractivity contribution in [3.63, 3.8) is 0 Å².